The summed E-state index contributed by atoms with van der Waals surface area (Å²) in [5.74, 6) is 0. The molecule has 0 aliphatic carbocycles. The van der Waals surface area contributed by atoms with E-state index in [9.17, 15) is 0 Å². The Bertz CT molecular complexity index is 617. The predicted octanol–water partition coefficient (Wildman–Crippen LogP) is 5.47. The van der Waals surface area contributed by atoms with Crippen molar-refractivity contribution in [1.29, 1.82) is 0 Å². The molecule has 124 valence electrons. The van der Waals surface area contributed by atoms with E-state index in [1.165, 1.54) is 28.7 Å². The van der Waals surface area contributed by atoms with E-state index >= 15 is 0 Å². The molecule has 0 spiro atoms. The zero-order chi connectivity index (χ0) is 16.9. The first-order valence-corrected chi connectivity index (χ1v) is 8.71. The molecule has 0 N–H and O–H groups in total. The largest absolute Gasteiger partial charge is 0.290 e. The number of hydrogen-bond donors (Lipinski definition) is 0. The van der Waals surface area contributed by atoms with Crippen LogP contribution < -0.4 is 0 Å². The van der Waals surface area contributed by atoms with E-state index in [1.807, 2.05) is 0 Å². The highest BCUT2D eigenvalue weighted by atomic mass is 15.2. The van der Waals surface area contributed by atoms with E-state index in [0.717, 1.165) is 19.5 Å². The van der Waals surface area contributed by atoms with Crippen LogP contribution in [0.1, 0.15) is 45.2 Å². The van der Waals surface area contributed by atoms with Crippen LogP contribution in [0.25, 0.3) is 0 Å². The molecule has 0 atom stereocenters. The van der Waals surface area contributed by atoms with Crippen LogP contribution >= 0.6 is 0 Å². The maximum atomic E-state index is 2.59. The normalized spacial score (nSPS) is 17.1. The molecule has 0 fully saturated rings. The molecule has 1 aromatic carbocycles. The number of aryl methyl sites for hydroxylation is 2. The number of allylic oxidation sites excluding steroid dienone is 3. The molecular weight excluding hydrogens is 278 g/mol. The van der Waals surface area contributed by atoms with E-state index in [-0.39, 0.29) is 5.54 Å². The van der Waals surface area contributed by atoms with Crippen LogP contribution in [-0.2, 0) is 6.42 Å². The third-order valence-corrected chi connectivity index (χ3v) is 4.75. The lowest BCUT2D eigenvalue weighted by Gasteiger charge is -2.36. The monoisotopic (exact) mass is 309 g/mol. The molecule has 2 rings (SSSR count). The first kappa shape index (κ1) is 17.7. The second-order valence-corrected chi connectivity index (χ2v) is 7.35. The lowest BCUT2D eigenvalue weighted by Crippen LogP contribution is -2.42. The minimum Gasteiger partial charge on any atom is -0.290 e. The molecule has 23 heavy (non-hydrogen) atoms. The fourth-order valence-electron chi connectivity index (χ4n) is 3.22. The standard InChI is InChI=1S/C22H31N/c1-6-8-18(2)16-21-12-14-23(17-21)22(4,5)13-11-20-10-7-9-19(3)15-20/h6-10,12,15-16H,11,13-14,17H2,1-5H3/b8-6-,18-16-. The van der Waals surface area contributed by atoms with Crippen molar-refractivity contribution in [3.8, 4) is 0 Å². The minimum atomic E-state index is 0.227. The Morgan fingerprint density at radius 3 is 2.78 bits per heavy atom. The number of benzene rings is 1. The lowest BCUT2D eigenvalue weighted by molar-refractivity contribution is 0.150. The molecule has 0 saturated heterocycles. The molecule has 0 unspecified atom stereocenters. The van der Waals surface area contributed by atoms with Gasteiger partial charge in [0.05, 0.1) is 0 Å². The average molecular weight is 309 g/mol. The molecule has 1 aliphatic heterocycles. The van der Waals surface area contributed by atoms with Crippen molar-refractivity contribution in [2.45, 2.75) is 53.0 Å². The summed E-state index contributed by atoms with van der Waals surface area (Å²) in [6.07, 6.45) is 11.3. The molecule has 1 aromatic rings. The molecule has 1 nitrogen and oxygen atoms in total. The summed E-state index contributed by atoms with van der Waals surface area (Å²) in [5, 5.41) is 0. The summed E-state index contributed by atoms with van der Waals surface area (Å²) in [4.78, 5) is 2.59. The second-order valence-electron chi connectivity index (χ2n) is 7.35. The molecule has 0 saturated carbocycles. The van der Waals surface area contributed by atoms with Gasteiger partial charge in [-0.3, -0.25) is 4.90 Å². The van der Waals surface area contributed by atoms with Crippen LogP contribution in [0.3, 0.4) is 0 Å². The van der Waals surface area contributed by atoms with E-state index in [1.54, 1.807) is 0 Å². The summed E-state index contributed by atoms with van der Waals surface area (Å²) in [5.41, 5.74) is 5.82. The molecule has 1 aliphatic rings. The van der Waals surface area contributed by atoms with Crippen LogP contribution in [0, 0.1) is 6.92 Å². The van der Waals surface area contributed by atoms with Gasteiger partial charge in [-0.1, -0.05) is 59.7 Å². The Balaban J connectivity index is 1.92. The van der Waals surface area contributed by atoms with Gasteiger partial charge in [0.1, 0.15) is 0 Å². The van der Waals surface area contributed by atoms with Gasteiger partial charge in [-0.25, -0.2) is 0 Å². The van der Waals surface area contributed by atoms with Crippen molar-refractivity contribution in [3.63, 3.8) is 0 Å². The van der Waals surface area contributed by atoms with Crippen molar-refractivity contribution in [2.75, 3.05) is 13.1 Å². The van der Waals surface area contributed by atoms with Gasteiger partial charge < -0.3 is 0 Å². The van der Waals surface area contributed by atoms with Gasteiger partial charge in [0.25, 0.3) is 0 Å². The topological polar surface area (TPSA) is 3.24 Å². The Morgan fingerprint density at radius 2 is 2.09 bits per heavy atom. The maximum absolute atomic E-state index is 2.59. The molecule has 0 radical (unpaired) electrons. The Morgan fingerprint density at radius 1 is 1.30 bits per heavy atom. The van der Waals surface area contributed by atoms with Gasteiger partial charge >= 0.3 is 0 Å². The fraction of sp³-hybridized carbons (Fsp3) is 0.455. The zero-order valence-electron chi connectivity index (χ0n) is 15.4. The summed E-state index contributed by atoms with van der Waals surface area (Å²) >= 11 is 0. The summed E-state index contributed by atoms with van der Waals surface area (Å²) < 4.78 is 0. The van der Waals surface area contributed by atoms with Crippen LogP contribution in [0.15, 0.2) is 59.7 Å². The first-order valence-electron chi connectivity index (χ1n) is 8.71. The molecular formula is C22H31N. The predicted molar refractivity (Wildman–Crippen MR) is 102 cm³/mol. The third-order valence-electron chi connectivity index (χ3n) is 4.75. The van der Waals surface area contributed by atoms with Gasteiger partial charge in [0, 0.05) is 18.6 Å². The molecule has 0 bridgehead atoms. The van der Waals surface area contributed by atoms with Crippen LogP contribution in [-0.4, -0.2) is 23.5 Å². The molecule has 0 amide bonds. The van der Waals surface area contributed by atoms with E-state index in [4.69, 9.17) is 0 Å². The highest BCUT2D eigenvalue weighted by Crippen LogP contribution is 2.26. The zero-order valence-corrected chi connectivity index (χ0v) is 15.4. The fourth-order valence-corrected chi connectivity index (χ4v) is 3.22. The van der Waals surface area contributed by atoms with E-state index in [0.29, 0.717) is 0 Å². The number of nitrogens with zero attached hydrogens (tertiary/aromatic N) is 1. The summed E-state index contributed by atoms with van der Waals surface area (Å²) in [6.45, 7) is 13.3. The molecule has 0 aromatic heterocycles. The van der Waals surface area contributed by atoms with E-state index in [2.05, 4.69) is 88.1 Å². The summed E-state index contributed by atoms with van der Waals surface area (Å²) in [6, 6.07) is 8.90. The van der Waals surface area contributed by atoms with Gasteiger partial charge in [-0.15, -0.1) is 0 Å². The van der Waals surface area contributed by atoms with Crippen LogP contribution in [0.2, 0.25) is 0 Å². The van der Waals surface area contributed by atoms with Crippen LogP contribution in [0.4, 0.5) is 0 Å². The number of rotatable bonds is 6. The van der Waals surface area contributed by atoms with Crippen molar-refractivity contribution in [1.82, 2.24) is 4.90 Å². The van der Waals surface area contributed by atoms with Gasteiger partial charge in [0.15, 0.2) is 0 Å². The van der Waals surface area contributed by atoms with Crippen molar-refractivity contribution >= 4 is 0 Å². The maximum Gasteiger partial charge on any atom is 0.0239 e. The second kappa shape index (κ2) is 7.79. The van der Waals surface area contributed by atoms with Gasteiger partial charge in [-0.05, 0) is 58.6 Å². The quantitative estimate of drug-likeness (QED) is 0.630. The SMILES string of the molecule is C/C=C\C(C)=C/C1=CCN(C(C)(C)CCc2cccc(C)c2)C1. The van der Waals surface area contributed by atoms with Gasteiger partial charge in [-0.2, -0.15) is 0 Å². The minimum absolute atomic E-state index is 0.227. The smallest absolute Gasteiger partial charge is 0.0239 e. The first-order chi connectivity index (χ1) is 10.9. The highest BCUT2D eigenvalue weighted by Gasteiger charge is 2.28. The molecule has 1 heteroatoms. The highest BCUT2D eigenvalue weighted by molar-refractivity contribution is 5.32. The van der Waals surface area contributed by atoms with Crippen molar-refractivity contribution < 1.29 is 0 Å². The Kier molecular flexibility index (Phi) is 6.01. The van der Waals surface area contributed by atoms with E-state index < -0.39 is 0 Å². The van der Waals surface area contributed by atoms with Crippen molar-refractivity contribution in [2.24, 2.45) is 0 Å². The lowest BCUT2D eigenvalue weighted by atomic mass is 9.93. The summed E-state index contributed by atoms with van der Waals surface area (Å²) in [7, 11) is 0. The molecule has 1 heterocycles. The number of hydrogen-bond acceptors (Lipinski definition) is 1. The Labute approximate surface area is 142 Å². The Hall–Kier alpha value is -1.60. The average Bonchev–Trinajstić information content (AvgIpc) is 2.95. The van der Waals surface area contributed by atoms with Crippen LogP contribution in [0.5, 0.6) is 0 Å². The van der Waals surface area contributed by atoms with Crippen molar-refractivity contribution in [3.05, 3.63) is 70.8 Å². The third kappa shape index (κ3) is 5.21. The van der Waals surface area contributed by atoms with Gasteiger partial charge in [0.2, 0.25) is 0 Å².